The van der Waals surface area contributed by atoms with Crippen molar-refractivity contribution in [2.45, 2.75) is 14.7 Å². The van der Waals surface area contributed by atoms with Crippen molar-refractivity contribution < 1.29 is 81.2 Å². The molecule has 4 aromatic rings. The van der Waals surface area contributed by atoms with Crippen molar-refractivity contribution in [3.8, 4) is 17.2 Å². The fourth-order valence-corrected chi connectivity index (χ4v) is 7.68. The molecule has 1 heterocycles. The lowest BCUT2D eigenvalue weighted by molar-refractivity contribution is -0.129. The Hall–Kier alpha value is -6.14. The number of anilines is 2. The van der Waals surface area contributed by atoms with Crippen molar-refractivity contribution in [1.29, 1.82) is 0 Å². The number of carbonyl (C=O) groups excluding carboxylic acids is 1. The Morgan fingerprint density at radius 2 is 1.53 bits per heavy atom. The van der Waals surface area contributed by atoms with E-state index in [1.807, 2.05) is 0 Å². The van der Waals surface area contributed by atoms with Crippen LogP contribution in [0.15, 0.2) is 95.8 Å². The summed E-state index contributed by atoms with van der Waals surface area (Å²) in [5.41, 5.74) is -0.776. The highest BCUT2D eigenvalue weighted by atomic mass is 32.3. The van der Waals surface area contributed by atoms with E-state index in [1.165, 1.54) is 12.1 Å². The fourth-order valence-electron chi connectivity index (χ4n) is 4.88. The first-order valence-corrected chi connectivity index (χ1v) is 20.8. The monoisotopic (exact) mass is 872 g/mol. The SMILES string of the molecule is COc1cc(N=Nc2c(S(=O)(=O)O)cc3ccc(N/N=C4\C(=O)N(c5ccc(S(=O)(=O)O)cc5)N=C4C(=O)O)cc3c2O)c(O)cc1S(=O)(=O)CCOS(=O)(=O)O. The van der Waals surface area contributed by atoms with Crippen LogP contribution >= 0.6 is 0 Å². The molecule has 0 radical (unpaired) electrons. The average molecular weight is 873 g/mol. The summed E-state index contributed by atoms with van der Waals surface area (Å²) in [6.07, 6.45) is 0. The molecule has 0 saturated heterocycles. The largest absolute Gasteiger partial charge is 0.506 e. The number of fused-ring (bicyclic) bond motifs is 1. The van der Waals surface area contributed by atoms with Crippen LogP contribution in [0.1, 0.15) is 0 Å². The van der Waals surface area contributed by atoms with E-state index in [9.17, 15) is 67.7 Å². The molecule has 0 saturated carbocycles. The zero-order valence-electron chi connectivity index (χ0n) is 28.1. The van der Waals surface area contributed by atoms with Crippen LogP contribution in [0.2, 0.25) is 0 Å². The summed E-state index contributed by atoms with van der Waals surface area (Å²) in [6.45, 7) is -1.01. The molecule has 0 aromatic heterocycles. The number of nitrogens with zero attached hydrogens (tertiary/aromatic N) is 5. The van der Waals surface area contributed by atoms with Gasteiger partial charge in [0.1, 0.15) is 32.7 Å². The fraction of sp³-hybridized carbons (Fsp3) is 0.103. The van der Waals surface area contributed by atoms with E-state index in [2.05, 4.69) is 30.0 Å². The Balaban J connectivity index is 1.49. The number of nitrogens with one attached hydrogen (secondary N) is 1. The number of hydrazone groups is 2. The summed E-state index contributed by atoms with van der Waals surface area (Å²) in [4.78, 5) is 22.9. The minimum absolute atomic E-state index is 0.0291. The van der Waals surface area contributed by atoms with E-state index < -0.39 is 119 Å². The van der Waals surface area contributed by atoms with Gasteiger partial charge in [-0.05, 0) is 47.9 Å². The topological polar surface area (TPSA) is 375 Å². The van der Waals surface area contributed by atoms with Gasteiger partial charge in [-0.3, -0.25) is 23.9 Å². The second-order valence-electron chi connectivity index (χ2n) is 11.2. The standard InChI is InChI=1S/C29H24N6O18S4/c1-52-21-12-19(20(36)13-22(21)54(41,42)9-8-53-57(49,50)51)31-32-24-23(56(46,47)48)10-14-2-3-15(11-18(14)27(24)37)30-33-25-26(29(39)40)34-35(28(25)38)16-4-6-17(7-5-16)55(43,44)45/h2-7,10-13,30,36-37H,8-9H2,1H3,(H,39,40)(H,43,44,45)(H,46,47,48)(H,49,50,51)/b32-31?,33-25-. The first-order valence-electron chi connectivity index (χ1n) is 14.9. The van der Waals surface area contributed by atoms with Crippen molar-refractivity contribution in [2.24, 2.45) is 20.4 Å². The highest BCUT2D eigenvalue weighted by Gasteiger charge is 2.37. The van der Waals surface area contributed by atoms with E-state index in [0.29, 0.717) is 11.1 Å². The normalized spacial score (nSPS) is 14.7. The summed E-state index contributed by atoms with van der Waals surface area (Å²) in [6, 6.07) is 9.94. The van der Waals surface area contributed by atoms with Crippen molar-refractivity contribution in [2.75, 3.05) is 29.9 Å². The minimum Gasteiger partial charge on any atom is -0.506 e. The van der Waals surface area contributed by atoms with Gasteiger partial charge in [0.15, 0.2) is 21.3 Å². The van der Waals surface area contributed by atoms with Crippen molar-refractivity contribution in [1.82, 2.24) is 0 Å². The van der Waals surface area contributed by atoms with Gasteiger partial charge in [-0.15, -0.1) is 10.2 Å². The highest BCUT2D eigenvalue weighted by molar-refractivity contribution is 7.91. The van der Waals surface area contributed by atoms with Gasteiger partial charge in [0.05, 0.1) is 35.7 Å². The summed E-state index contributed by atoms with van der Waals surface area (Å²) >= 11 is 0. The number of phenols is 2. The molecule has 1 amide bonds. The first-order chi connectivity index (χ1) is 26.4. The number of amides is 1. The molecule has 302 valence electrons. The van der Waals surface area contributed by atoms with Crippen LogP contribution in [0.3, 0.4) is 0 Å². The second kappa shape index (κ2) is 15.4. The van der Waals surface area contributed by atoms with Crippen LogP contribution in [-0.4, -0.2) is 105 Å². The molecular weight excluding hydrogens is 849 g/mol. The lowest BCUT2D eigenvalue weighted by atomic mass is 10.1. The third-order valence-electron chi connectivity index (χ3n) is 7.47. The Labute approximate surface area is 320 Å². The number of hydrogen-bond donors (Lipinski definition) is 7. The summed E-state index contributed by atoms with van der Waals surface area (Å²) in [5.74, 6) is -6.08. The molecule has 0 spiro atoms. The number of sulfone groups is 1. The molecule has 57 heavy (non-hydrogen) atoms. The van der Waals surface area contributed by atoms with Crippen LogP contribution < -0.4 is 15.2 Å². The van der Waals surface area contributed by atoms with Gasteiger partial charge in [0, 0.05) is 17.5 Å². The minimum atomic E-state index is -5.15. The third kappa shape index (κ3) is 9.29. The van der Waals surface area contributed by atoms with E-state index in [-0.39, 0.29) is 22.1 Å². The highest BCUT2D eigenvalue weighted by Crippen LogP contribution is 2.44. The average Bonchev–Trinajstić information content (AvgIpc) is 3.45. The van der Waals surface area contributed by atoms with Crippen LogP contribution in [0.4, 0.5) is 22.7 Å². The Morgan fingerprint density at radius 3 is 2.11 bits per heavy atom. The van der Waals surface area contributed by atoms with E-state index in [0.717, 1.165) is 49.6 Å². The molecule has 0 unspecified atom stereocenters. The maximum Gasteiger partial charge on any atom is 0.397 e. The molecule has 0 bridgehead atoms. The maximum absolute atomic E-state index is 13.1. The number of aromatic hydroxyl groups is 2. The molecule has 28 heteroatoms. The predicted octanol–water partition coefficient (Wildman–Crippen LogP) is 2.02. The molecule has 0 aliphatic carbocycles. The Morgan fingerprint density at radius 1 is 0.860 bits per heavy atom. The van der Waals surface area contributed by atoms with Gasteiger partial charge in [0.2, 0.25) is 5.71 Å². The number of carboxylic acid groups (broad SMARTS) is 1. The number of rotatable bonds is 14. The maximum atomic E-state index is 13.1. The third-order valence-corrected chi connectivity index (χ3v) is 11.4. The summed E-state index contributed by atoms with van der Waals surface area (Å²) in [5, 5.41) is 46.7. The Kier molecular flexibility index (Phi) is 11.4. The quantitative estimate of drug-likeness (QED) is 0.0541. The zero-order valence-corrected chi connectivity index (χ0v) is 31.4. The molecule has 24 nitrogen and oxygen atoms in total. The number of phenolic OH excluding ortho intramolecular Hbond substituents is 2. The van der Waals surface area contributed by atoms with Gasteiger partial charge >= 0.3 is 22.3 Å². The summed E-state index contributed by atoms with van der Waals surface area (Å²) in [7, 11) is -18.1. The zero-order chi connectivity index (χ0) is 42.2. The second-order valence-corrected chi connectivity index (χ2v) is 17.1. The van der Waals surface area contributed by atoms with Crippen molar-refractivity contribution in [3.63, 3.8) is 0 Å². The molecule has 1 aliphatic rings. The number of azo groups is 1. The number of aliphatic carboxylic acids is 1. The molecule has 0 atom stereocenters. The smallest absolute Gasteiger partial charge is 0.397 e. The molecule has 0 fully saturated rings. The number of benzene rings is 4. The van der Waals surface area contributed by atoms with Crippen LogP contribution in [0, 0.1) is 0 Å². The predicted molar refractivity (Wildman–Crippen MR) is 194 cm³/mol. The molecular formula is C29H24N6O18S4. The Bertz CT molecular complexity index is 2900. The molecule has 1 aliphatic heterocycles. The summed E-state index contributed by atoms with van der Waals surface area (Å²) < 4.78 is 131. The van der Waals surface area contributed by atoms with Crippen LogP contribution in [-0.2, 0) is 54.2 Å². The molecule has 4 aromatic carbocycles. The number of hydrogen-bond acceptors (Lipinski definition) is 19. The van der Waals surface area contributed by atoms with Gasteiger partial charge in [-0.1, -0.05) is 6.07 Å². The number of carboxylic acids is 1. The van der Waals surface area contributed by atoms with Crippen LogP contribution in [0.5, 0.6) is 17.2 Å². The van der Waals surface area contributed by atoms with Crippen molar-refractivity contribution in [3.05, 3.63) is 60.7 Å². The molecule has 7 N–H and O–H groups in total. The molecule has 5 rings (SSSR count). The van der Waals surface area contributed by atoms with Gasteiger partial charge in [-0.2, -0.15) is 40.5 Å². The van der Waals surface area contributed by atoms with Gasteiger partial charge < -0.3 is 20.1 Å². The van der Waals surface area contributed by atoms with E-state index in [1.54, 1.807) is 0 Å². The lowest BCUT2D eigenvalue weighted by Crippen LogP contribution is -2.30. The van der Waals surface area contributed by atoms with E-state index in [4.69, 9.17) is 9.29 Å². The van der Waals surface area contributed by atoms with Crippen LogP contribution in [0.25, 0.3) is 10.8 Å². The number of methoxy groups -OCH3 is 1. The van der Waals surface area contributed by atoms with Gasteiger partial charge in [0.25, 0.3) is 20.2 Å². The van der Waals surface area contributed by atoms with Crippen molar-refractivity contribution >= 4 is 97.3 Å². The number of carbonyl (C=O) groups is 2. The van der Waals surface area contributed by atoms with Gasteiger partial charge in [-0.25, -0.2) is 17.4 Å². The van der Waals surface area contributed by atoms with E-state index >= 15 is 0 Å². The first kappa shape index (κ1) is 42.0. The number of ether oxygens (including phenoxy) is 1. The lowest BCUT2D eigenvalue weighted by Gasteiger charge is -2.12.